The maximum atomic E-state index is 13.3. The third-order valence-corrected chi connectivity index (χ3v) is 10.0. The second-order valence-electron chi connectivity index (χ2n) is 13.2. The smallest absolute Gasteiger partial charge is 0.336 e. The Morgan fingerprint density at radius 2 is 1.65 bits per heavy atom. The highest BCUT2D eigenvalue weighted by Crippen LogP contribution is 2.55. The van der Waals surface area contributed by atoms with Gasteiger partial charge in [-0.1, -0.05) is 55.8 Å². The van der Waals surface area contributed by atoms with Gasteiger partial charge in [0.15, 0.2) is 0 Å². The normalized spacial score (nSPS) is 23.9. The lowest BCUT2D eigenvalue weighted by molar-refractivity contribution is -0.0127. The average molecular weight is 577 g/mol. The zero-order chi connectivity index (χ0) is 29.6. The van der Waals surface area contributed by atoms with Crippen LogP contribution >= 0.6 is 0 Å². The van der Waals surface area contributed by atoms with Gasteiger partial charge >= 0.3 is 12.0 Å². The molecule has 0 atom stereocenters. The van der Waals surface area contributed by atoms with Crippen molar-refractivity contribution in [2.24, 2.45) is 17.8 Å². The number of aryl methyl sites for hydroxylation is 1. The molecule has 43 heavy (non-hydrogen) atoms. The van der Waals surface area contributed by atoms with Gasteiger partial charge in [-0.2, -0.15) is 0 Å². The molecule has 4 aliphatic carbocycles. The number of hydrogen-bond acceptors (Lipinski definition) is 3. The van der Waals surface area contributed by atoms with E-state index in [2.05, 4.69) is 40.3 Å². The van der Waals surface area contributed by atoms with Gasteiger partial charge in [0.05, 0.1) is 16.6 Å². The van der Waals surface area contributed by atoms with Crippen molar-refractivity contribution in [3.05, 3.63) is 83.7 Å². The van der Waals surface area contributed by atoms with E-state index in [4.69, 9.17) is 4.98 Å². The second-order valence-corrected chi connectivity index (χ2v) is 13.2. The van der Waals surface area contributed by atoms with E-state index in [0.717, 1.165) is 90.0 Å². The van der Waals surface area contributed by atoms with Crippen molar-refractivity contribution in [1.82, 2.24) is 14.9 Å². The molecular formula is C36H40N4O3. The fourth-order valence-electron chi connectivity index (χ4n) is 8.51. The van der Waals surface area contributed by atoms with E-state index in [-0.39, 0.29) is 11.6 Å². The van der Waals surface area contributed by atoms with Crippen molar-refractivity contribution in [3.8, 4) is 11.1 Å². The van der Waals surface area contributed by atoms with Crippen LogP contribution < -0.4 is 10.6 Å². The van der Waals surface area contributed by atoms with Crippen LogP contribution in [0.1, 0.15) is 80.0 Å². The molecule has 4 fully saturated rings. The lowest BCUT2D eigenvalue weighted by atomic mass is 9.53. The molecule has 4 bridgehead atoms. The number of unbranched alkanes of at least 4 members (excludes halogenated alkanes) is 1. The van der Waals surface area contributed by atoms with Crippen LogP contribution in [0.4, 0.5) is 10.5 Å². The molecule has 4 aromatic rings. The quantitative estimate of drug-likeness (QED) is 0.189. The fourth-order valence-corrected chi connectivity index (χ4v) is 8.51. The highest BCUT2D eigenvalue weighted by Gasteiger charge is 2.51. The molecule has 7 nitrogen and oxygen atoms in total. The van der Waals surface area contributed by atoms with Gasteiger partial charge in [-0.15, -0.1) is 0 Å². The number of nitrogens with zero attached hydrogens (tertiary/aromatic N) is 2. The van der Waals surface area contributed by atoms with Crippen molar-refractivity contribution < 1.29 is 14.7 Å². The van der Waals surface area contributed by atoms with E-state index in [1.807, 2.05) is 36.4 Å². The van der Waals surface area contributed by atoms with E-state index in [1.165, 1.54) is 19.3 Å². The number of urea groups is 1. The first-order valence-corrected chi connectivity index (χ1v) is 15.9. The Morgan fingerprint density at radius 3 is 2.33 bits per heavy atom. The summed E-state index contributed by atoms with van der Waals surface area (Å²) in [6, 6.07) is 21.1. The molecule has 222 valence electrons. The number of carbonyl (C=O) groups excluding carboxylic acids is 1. The summed E-state index contributed by atoms with van der Waals surface area (Å²) in [5, 5.41) is 16.2. The van der Waals surface area contributed by atoms with E-state index in [1.54, 1.807) is 12.1 Å². The molecule has 3 aromatic carbocycles. The van der Waals surface area contributed by atoms with Crippen LogP contribution in [0.3, 0.4) is 0 Å². The summed E-state index contributed by atoms with van der Waals surface area (Å²) in [4.78, 5) is 30.0. The van der Waals surface area contributed by atoms with Crippen molar-refractivity contribution in [1.29, 1.82) is 0 Å². The molecule has 1 heterocycles. The number of aromatic carboxylic acids is 1. The fraction of sp³-hybridized carbons (Fsp3) is 0.417. The summed E-state index contributed by atoms with van der Waals surface area (Å²) >= 11 is 0. The minimum absolute atomic E-state index is 0.0326. The Hall–Kier alpha value is -4.13. The lowest BCUT2D eigenvalue weighted by Gasteiger charge is -2.56. The van der Waals surface area contributed by atoms with E-state index in [0.29, 0.717) is 17.7 Å². The van der Waals surface area contributed by atoms with Gasteiger partial charge in [-0.05, 0) is 104 Å². The first-order chi connectivity index (χ1) is 20.9. The minimum atomic E-state index is -0.929. The molecule has 0 spiro atoms. The molecule has 3 N–H and O–H groups in total. The van der Waals surface area contributed by atoms with Crippen LogP contribution in [0.15, 0.2) is 66.7 Å². The van der Waals surface area contributed by atoms with Gasteiger partial charge in [0.1, 0.15) is 5.82 Å². The van der Waals surface area contributed by atoms with Crippen LogP contribution in [0.2, 0.25) is 0 Å². The Labute approximate surface area is 252 Å². The number of rotatable bonds is 9. The molecular weight excluding hydrogens is 536 g/mol. The number of carboxylic acid groups (broad SMARTS) is 1. The lowest BCUT2D eigenvalue weighted by Crippen LogP contribution is -2.60. The Balaban J connectivity index is 1.12. The van der Waals surface area contributed by atoms with Crippen LogP contribution in [0, 0.1) is 17.8 Å². The molecule has 8 rings (SSSR count). The maximum Gasteiger partial charge on any atom is 0.336 e. The van der Waals surface area contributed by atoms with Crippen molar-refractivity contribution >= 4 is 28.7 Å². The van der Waals surface area contributed by atoms with Crippen LogP contribution in [-0.2, 0) is 13.0 Å². The number of fused-ring (bicyclic) bond motifs is 1. The number of amides is 2. The first kappa shape index (κ1) is 27.7. The predicted molar refractivity (Wildman–Crippen MR) is 169 cm³/mol. The summed E-state index contributed by atoms with van der Waals surface area (Å²) in [7, 11) is 0. The summed E-state index contributed by atoms with van der Waals surface area (Å²) in [6.45, 7) is 2.82. The zero-order valence-corrected chi connectivity index (χ0v) is 24.8. The van der Waals surface area contributed by atoms with Gasteiger partial charge in [-0.3, -0.25) is 0 Å². The average Bonchev–Trinajstić information content (AvgIpc) is 3.31. The molecule has 7 heteroatoms. The highest BCUT2D eigenvalue weighted by atomic mass is 16.4. The topological polar surface area (TPSA) is 96.3 Å². The van der Waals surface area contributed by atoms with Gasteiger partial charge in [0.2, 0.25) is 0 Å². The number of carboxylic acids is 1. The number of carbonyl (C=O) groups is 2. The Kier molecular flexibility index (Phi) is 7.20. The summed E-state index contributed by atoms with van der Waals surface area (Å²) in [5.41, 5.74) is 5.65. The SMILES string of the molecule is CCCCc1nc2ccc(NC(=O)NC34CC5CC(CC(C5)C3)C4)cc2n1Cc1ccc(-c2ccccc2C(=O)O)cc1. The number of nitrogens with one attached hydrogen (secondary N) is 2. The molecule has 0 saturated heterocycles. The van der Waals surface area contributed by atoms with E-state index < -0.39 is 5.97 Å². The molecule has 4 saturated carbocycles. The number of anilines is 1. The first-order valence-electron chi connectivity index (χ1n) is 15.9. The van der Waals surface area contributed by atoms with E-state index in [9.17, 15) is 14.7 Å². The molecule has 4 aliphatic rings. The minimum Gasteiger partial charge on any atom is -0.478 e. The Morgan fingerprint density at radius 1 is 0.953 bits per heavy atom. The number of imidazole rings is 1. The third-order valence-electron chi connectivity index (χ3n) is 10.0. The maximum absolute atomic E-state index is 13.3. The van der Waals surface area contributed by atoms with Gasteiger partial charge in [0.25, 0.3) is 0 Å². The van der Waals surface area contributed by atoms with Crippen molar-refractivity contribution in [3.63, 3.8) is 0 Å². The largest absolute Gasteiger partial charge is 0.478 e. The zero-order valence-electron chi connectivity index (χ0n) is 24.8. The highest BCUT2D eigenvalue weighted by molar-refractivity contribution is 5.96. The summed E-state index contributed by atoms with van der Waals surface area (Å²) in [6.07, 6.45) is 10.4. The molecule has 0 unspecified atom stereocenters. The number of hydrogen-bond donors (Lipinski definition) is 3. The molecule has 0 aliphatic heterocycles. The van der Waals surface area contributed by atoms with Crippen LogP contribution in [0.5, 0.6) is 0 Å². The van der Waals surface area contributed by atoms with E-state index >= 15 is 0 Å². The monoisotopic (exact) mass is 576 g/mol. The summed E-state index contributed by atoms with van der Waals surface area (Å²) in [5.74, 6) is 2.44. The number of benzene rings is 3. The number of aromatic nitrogens is 2. The van der Waals surface area contributed by atoms with Crippen LogP contribution in [-0.4, -0.2) is 32.2 Å². The van der Waals surface area contributed by atoms with Crippen molar-refractivity contribution in [2.45, 2.75) is 76.8 Å². The molecule has 2 amide bonds. The molecule has 1 aromatic heterocycles. The van der Waals surface area contributed by atoms with Gasteiger partial charge < -0.3 is 20.3 Å². The van der Waals surface area contributed by atoms with Crippen LogP contribution in [0.25, 0.3) is 22.2 Å². The van der Waals surface area contributed by atoms with Gasteiger partial charge in [-0.25, -0.2) is 14.6 Å². The third kappa shape index (κ3) is 5.53. The Bertz CT molecular complexity index is 1640. The standard InChI is InChI=1S/C36H40N4O3/c1-2-3-8-33-38-31-14-13-28(37-35(43)39-36-19-24-15-25(20-36)17-26(16-24)21-36)18-32(31)40(33)22-23-9-11-27(12-10-23)29-6-4-5-7-30(29)34(41)42/h4-7,9-14,18,24-26H,2-3,8,15-17,19-22H2,1H3,(H,41,42)(H2,37,39,43). The van der Waals surface area contributed by atoms with Gasteiger partial charge in [0, 0.05) is 24.2 Å². The molecule has 0 radical (unpaired) electrons. The summed E-state index contributed by atoms with van der Waals surface area (Å²) < 4.78 is 2.26. The second kappa shape index (κ2) is 11.2. The predicted octanol–water partition coefficient (Wildman–Crippen LogP) is 7.88. The van der Waals surface area contributed by atoms with Crippen molar-refractivity contribution in [2.75, 3.05) is 5.32 Å².